The van der Waals surface area contributed by atoms with E-state index in [1.807, 2.05) is 0 Å². The number of hydrogen-bond acceptors (Lipinski definition) is 5. The van der Waals surface area contributed by atoms with Crippen molar-refractivity contribution in [2.45, 2.75) is 6.54 Å². The number of anilines is 1. The smallest absolute Gasteiger partial charge is 0.354 e. The molecule has 7 heteroatoms. The lowest BCUT2D eigenvalue weighted by Gasteiger charge is -2.04. The van der Waals surface area contributed by atoms with E-state index in [2.05, 4.69) is 15.0 Å². The Morgan fingerprint density at radius 3 is 2.90 bits per heavy atom. The molecule has 0 spiro atoms. The molecule has 0 radical (unpaired) electrons. The number of carbonyl (C=O) groups excluding carboxylic acids is 1. The SMILES string of the molecule is COC(=O)c1ccc(CNc2cccc([N+](=O)[O-])c2)[nH]1. The molecule has 0 fully saturated rings. The van der Waals surface area contributed by atoms with Crippen LogP contribution in [0.3, 0.4) is 0 Å². The zero-order valence-corrected chi connectivity index (χ0v) is 10.8. The highest BCUT2D eigenvalue weighted by molar-refractivity contribution is 5.87. The summed E-state index contributed by atoms with van der Waals surface area (Å²) in [5, 5.41) is 13.7. The van der Waals surface area contributed by atoms with Crippen molar-refractivity contribution in [2.24, 2.45) is 0 Å². The first-order valence-electron chi connectivity index (χ1n) is 5.84. The molecule has 0 saturated heterocycles. The highest BCUT2D eigenvalue weighted by atomic mass is 16.6. The maximum absolute atomic E-state index is 11.3. The number of ether oxygens (including phenoxy) is 1. The van der Waals surface area contributed by atoms with Crippen molar-refractivity contribution < 1.29 is 14.5 Å². The van der Waals surface area contributed by atoms with Gasteiger partial charge in [-0.25, -0.2) is 4.79 Å². The maximum Gasteiger partial charge on any atom is 0.354 e. The Labute approximate surface area is 114 Å². The van der Waals surface area contributed by atoms with E-state index < -0.39 is 10.9 Å². The summed E-state index contributed by atoms with van der Waals surface area (Å²) in [5.41, 5.74) is 1.80. The number of esters is 1. The van der Waals surface area contributed by atoms with Crippen molar-refractivity contribution in [1.29, 1.82) is 0 Å². The summed E-state index contributed by atoms with van der Waals surface area (Å²) in [6, 6.07) is 9.58. The van der Waals surface area contributed by atoms with E-state index in [9.17, 15) is 14.9 Å². The minimum absolute atomic E-state index is 0.0248. The van der Waals surface area contributed by atoms with E-state index in [0.717, 1.165) is 5.69 Å². The highest BCUT2D eigenvalue weighted by Crippen LogP contribution is 2.17. The van der Waals surface area contributed by atoms with Crippen molar-refractivity contribution in [2.75, 3.05) is 12.4 Å². The van der Waals surface area contributed by atoms with Crippen molar-refractivity contribution in [1.82, 2.24) is 4.98 Å². The van der Waals surface area contributed by atoms with Crippen molar-refractivity contribution in [3.63, 3.8) is 0 Å². The van der Waals surface area contributed by atoms with Crippen LogP contribution in [-0.4, -0.2) is 23.0 Å². The van der Waals surface area contributed by atoms with Gasteiger partial charge in [-0.15, -0.1) is 0 Å². The minimum Gasteiger partial charge on any atom is -0.464 e. The first-order chi connectivity index (χ1) is 9.60. The van der Waals surface area contributed by atoms with Crippen LogP contribution in [0, 0.1) is 10.1 Å². The Kier molecular flexibility index (Phi) is 3.99. The average Bonchev–Trinajstić information content (AvgIpc) is 2.93. The maximum atomic E-state index is 11.3. The monoisotopic (exact) mass is 275 g/mol. The van der Waals surface area contributed by atoms with Gasteiger partial charge in [0, 0.05) is 23.5 Å². The minimum atomic E-state index is -0.449. The van der Waals surface area contributed by atoms with Gasteiger partial charge in [0.15, 0.2) is 0 Å². The number of benzene rings is 1. The Morgan fingerprint density at radius 1 is 1.40 bits per heavy atom. The number of carbonyl (C=O) groups is 1. The second-order valence-corrected chi connectivity index (χ2v) is 4.05. The van der Waals surface area contributed by atoms with E-state index in [0.29, 0.717) is 17.9 Å². The van der Waals surface area contributed by atoms with Gasteiger partial charge in [0.25, 0.3) is 5.69 Å². The predicted molar refractivity (Wildman–Crippen MR) is 72.6 cm³/mol. The Bertz CT molecular complexity index is 636. The van der Waals surface area contributed by atoms with Crippen LogP contribution in [0.2, 0.25) is 0 Å². The standard InChI is InChI=1S/C13H13N3O4/c1-20-13(17)12-6-5-10(15-12)8-14-9-3-2-4-11(7-9)16(18)19/h2-7,14-15H,8H2,1H3. The van der Waals surface area contributed by atoms with Gasteiger partial charge >= 0.3 is 5.97 Å². The molecule has 0 atom stereocenters. The van der Waals surface area contributed by atoms with Gasteiger partial charge in [-0.2, -0.15) is 0 Å². The molecule has 20 heavy (non-hydrogen) atoms. The van der Waals surface area contributed by atoms with Gasteiger partial charge in [0.1, 0.15) is 5.69 Å². The first kappa shape index (κ1) is 13.6. The zero-order valence-electron chi connectivity index (χ0n) is 10.8. The third-order valence-electron chi connectivity index (χ3n) is 2.69. The second kappa shape index (κ2) is 5.87. The number of rotatable bonds is 5. The van der Waals surface area contributed by atoms with Crippen LogP contribution in [0.15, 0.2) is 36.4 Å². The highest BCUT2D eigenvalue weighted by Gasteiger charge is 2.08. The first-order valence-corrected chi connectivity index (χ1v) is 5.84. The molecule has 1 aromatic heterocycles. The van der Waals surface area contributed by atoms with Crippen LogP contribution < -0.4 is 5.32 Å². The summed E-state index contributed by atoms with van der Waals surface area (Å²) in [7, 11) is 1.31. The van der Waals surface area contributed by atoms with Crippen molar-refractivity contribution in [3.05, 3.63) is 57.9 Å². The van der Waals surface area contributed by atoms with E-state index in [-0.39, 0.29) is 5.69 Å². The lowest BCUT2D eigenvalue weighted by atomic mass is 10.3. The number of methoxy groups -OCH3 is 1. The normalized spacial score (nSPS) is 10.1. The number of nitrogens with one attached hydrogen (secondary N) is 2. The molecule has 0 amide bonds. The van der Waals surface area contributed by atoms with E-state index in [1.165, 1.54) is 19.2 Å². The number of aromatic nitrogens is 1. The molecule has 0 aliphatic rings. The molecule has 0 unspecified atom stereocenters. The van der Waals surface area contributed by atoms with Gasteiger partial charge in [-0.05, 0) is 18.2 Å². The Hall–Kier alpha value is -2.83. The second-order valence-electron chi connectivity index (χ2n) is 4.05. The Morgan fingerprint density at radius 2 is 2.20 bits per heavy atom. The molecule has 0 bridgehead atoms. The lowest BCUT2D eigenvalue weighted by Crippen LogP contribution is -2.03. The number of nitro benzene ring substituents is 1. The van der Waals surface area contributed by atoms with Gasteiger partial charge in [-0.3, -0.25) is 10.1 Å². The van der Waals surface area contributed by atoms with E-state index >= 15 is 0 Å². The third kappa shape index (κ3) is 3.14. The zero-order chi connectivity index (χ0) is 14.5. The summed E-state index contributed by atoms with van der Waals surface area (Å²) < 4.78 is 4.59. The van der Waals surface area contributed by atoms with Crippen LogP contribution in [0.5, 0.6) is 0 Å². The van der Waals surface area contributed by atoms with Crippen LogP contribution in [-0.2, 0) is 11.3 Å². The van der Waals surface area contributed by atoms with Crippen LogP contribution in [0.25, 0.3) is 0 Å². The molecular formula is C13H13N3O4. The summed E-state index contributed by atoms with van der Waals surface area (Å²) in [6.45, 7) is 0.415. The van der Waals surface area contributed by atoms with Crippen molar-refractivity contribution in [3.8, 4) is 0 Å². The largest absolute Gasteiger partial charge is 0.464 e. The van der Waals surface area contributed by atoms with Crippen molar-refractivity contribution >= 4 is 17.3 Å². The fourth-order valence-electron chi connectivity index (χ4n) is 1.70. The fraction of sp³-hybridized carbons (Fsp3) is 0.154. The molecule has 7 nitrogen and oxygen atoms in total. The summed E-state index contributed by atoms with van der Waals surface area (Å²) in [4.78, 5) is 24.4. The molecule has 1 heterocycles. The molecule has 0 saturated carbocycles. The third-order valence-corrected chi connectivity index (χ3v) is 2.69. The summed E-state index contributed by atoms with van der Waals surface area (Å²) >= 11 is 0. The number of hydrogen-bond donors (Lipinski definition) is 2. The van der Waals surface area contributed by atoms with E-state index in [4.69, 9.17) is 0 Å². The molecule has 104 valence electrons. The quantitative estimate of drug-likeness (QED) is 0.496. The van der Waals surface area contributed by atoms with Gasteiger partial charge in [-0.1, -0.05) is 6.07 Å². The topological polar surface area (TPSA) is 97.3 Å². The van der Waals surface area contributed by atoms with Gasteiger partial charge in [0.05, 0.1) is 18.6 Å². The molecular weight excluding hydrogens is 262 g/mol. The number of H-pyrrole nitrogens is 1. The molecule has 0 aliphatic heterocycles. The molecule has 2 rings (SSSR count). The van der Waals surface area contributed by atoms with Gasteiger partial charge < -0.3 is 15.0 Å². The Balaban J connectivity index is 2.01. The molecule has 2 aromatic rings. The molecule has 0 aliphatic carbocycles. The summed E-state index contributed by atoms with van der Waals surface area (Å²) in [5.74, 6) is -0.438. The summed E-state index contributed by atoms with van der Waals surface area (Å²) in [6.07, 6.45) is 0. The van der Waals surface area contributed by atoms with Crippen LogP contribution in [0.4, 0.5) is 11.4 Å². The molecule has 2 N–H and O–H groups in total. The van der Waals surface area contributed by atoms with Crippen LogP contribution in [0.1, 0.15) is 16.2 Å². The fourth-order valence-corrected chi connectivity index (χ4v) is 1.70. The van der Waals surface area contributed by atoms with Crippen LogP contribution >= 0.6 is 0 Å². The van der Waals surface area contributed by atoms with Gasteiger partial charge in [0.2, 0.25) is 0 Å². The number of aromatic amines is 1. The molecule has 1 aromatic carbocycles. The lowest BCUT2D eigenvalue weighted by molar-refractivity contribution is -0.384. The predicted octanol–water partition coefficient (Wildman–Crippen LogP) is 2.32. The van der Waals surface area contributed by atoms with E-state index in [1.54, 1.807) is 24.3 Å². The average molecular weight is 275 g/mol. The number of non-ortho nitro benzene ring substituents is 1. The number of nitro groups is 1. The number of nitrogens with zero attached hydrogens (tertiary/aromatic N) is 1.